The third-order valence-electron chi connectivity index (χ3n) is 4.10. The molecule has 1 unspecified atom stereocenters. The number of hydrogen-bond acceptors (Lipinski definition) is 4. The fraction of sp³-hybridized carbons (Fsp3) is 0.667. The molecule has 0 bridgehead atoms. The van der Waals surface area contributed by atoms with Crippen molar-refractivity contribution < 1.29 is 9.21 Å². The van der Waals surface area contributed by atoms with E-state index in [1.807, 2.05) is 11.8 Å². The van der Waals surface area contributed by atoms with Crippen LogP contribution in [0.15, 0.2) is 16.7 Å². The van der Waals surface area contributed by atoms with Crippen LogP contribution in [0.3, 0.4) is 0 Å². The monoisotopic (exact) mass is 279 g/mol. The Hall–Kier alpha value is -1.33. The molecular formula is C15H25N3O2. The summed E-state index contributed by atoms with van der Waals surface area (Å²) in [7, 11) is 0. The second-order valence-corrected chi connectivity index (χ2v) is 5.40. The average Bonchev–Trinajstić information content (AvgIpc) is 2.90. The number of carbonyl (C=O) groups is 1. The summed E-state index contributed by atoms with van der Waals surface area (Å²) in [4.78, 5) is 16.7. The van der Waals surface area contributed by atoms with Crippen molar-refractivity contribution in [3.05, 3.63) is 23.7 Å². The molecule has 1 saturated heterocycles. The minimum absolute atomic E-state index is 0.0793. The topological polar surface area (TPSA) is 62.7 Å². The van der Waals surface area contributed by atoms with Gasteiger partial charge in [-0.3, -0.25) is 9.69 Å². The highest BCUT2D eigenvalue weighted by Gasteiger charge is 2.26. The van der Waals surface area contributed by atoms with Crippen LogP contribution in [0.5, 0.6) is 0 Å². The third kappa shape index (κ3) is 3.22. The lowest BCUT2D eigenvalue weighted by atomic mass is 10.1. The molecule has 0 aliphatic carbocycles. The Balaban J connectivity index is 1.91. The van der Waals surface area contributed by atoms with Gasteiger partial charge in [-0.05, 0) is 19.4 Å². The highest BCUT2D eigenvalue weighted by Crippen LogP contribution is 2.15. The Kier molecular flexibility index (Phi) is 5.20. The molecule has 1 aliphatic rings. The molecular weight excluding hydrogens is 254 g/mol. The fourth-order valence-corrected chi connectivity index (χ4v) is 2.85. The van der Waals surface area contributed by atoms with Crippen molar-refractivity contribution in [2.24, 2.45) is 5.73 Å². The fourth-order valence-electron chi connectivity index (χ4n) is 2.85. The molecule has 1 aromatic heterocycles. The number of piperazine rings is 1. The molecule has 5 heteroatoms. The first-order valence-corrected chi connectivity index (χ1v) is 7.44. The molecule has 112 valence electrons. The van der Waals surface area contributed by atoms with E-state index in [4.69, 9.17) is 10.2 Å². The number of amides is 1. The average molecular weight is 279 g/mol. The molecule has 20 heavy (non-hydrogen) atoms. The molecule has 1 aromatic rings. The SMILES string of the molecule is CCCC(CN)N1CCN(C(=O)c2ccoc2C)CC1. The normalized spacial score (nSPS) is 18.2. The van der Waals surface area contributed by atoms with Crippen molar-refractivity contribution in [3.8, 4) is 0 Å². The molecule has 2 N–H and O–H groups in total. The van der Waals surface area contributed by atoms with Gasteiger partial charge in [0, 0.05) is 38.8 Å². The third-order valence-corrected chi connectivity index (χ3v) is 4.10. The van der Waals surface area contributed by atoms with E-state index >= 15 is 0 Å². The molecule has 1 fully saturated rings. The van der Waals surface area contributed by atoms with Crippen molar-refractivity contribution >= 4 is 5.91 Å². The zero-order valence-corrected chi connectivity index (χ0v) is 12.5. The molecule has 1 amide bonds. The van der Waals surface area contributed by atoms with Gasteiger partial charge in [0.1, 0.15) is 5.76 Å². The summed E-state index contributed by atoms with van der Waals surface area (Å²) in [6.07, 6.45) is 3.85. The van der Waals surface area contributed by atoms with Crippen LogP contribution in [0.1, 0.15) is 35.9 Å². The molecule has 0 aromatic carbocycles. The van der Waals surface area contributed by atoms with E-state index in [2.05, 4.69) is 11.8 Å². The lowest BCUT2D eigenvalue weighted by molar-refractivity contribution is 0.0564. The van der Waals surface area contributed by atoms with Crippen molar-refractivity contribution in [3.63, 3.8) is 0 Å². The number of nitrogens with two attached hydrogens (primary N) is 1. The van der Waals surface area contributed by atoms with E-state index < -0.39 is 0 Å². The summed E-state index contributed by atoms with van der Waals surface area (Å²) in [5, 5.41) is 0. The number of nitrogens with zero attached hydrogens (tertiary/aromatic N) is 2. The minimum Gasteiger partial charge on any atom is -0.469 e. The van der Waals surface area contributed by atoms with Gasteiger partial charge in [-0.2, -0.15) is 0 Å². The van der Waals surface area contributed by atoms with Gasteiger partial charge in [0.05, 0.1) is 11.8 Å². The maximum atomic E-state index is 12.4. The largest absolute Gasteiger partial charge is 0.469 e. The summed E-state index contributed by atoms with van der Waals surface area (Å²) in [6, 6.07) is 2.21. The molecule has 2 heterocycles. The van der Waals surface area contributed by atoms with Crippen molar-refractivity contribution in [2.75, 3.05) is 32.7 Å². The zero-order valence-electron chi connectivity index (χ0n) is 12.5. The molecule has 1 aliphatic heterocycles. The highest BCUT2D eigenvalue weighted by atomic mass is 16.3. The summed E-state index contributed by atoms with van der Waals surface area (Å²) in [5.41, 5.74) is 6.53. The number of carbonyl (C=O) groups excluding carboxylic acids is 1. The lowest BCUT2D eigenvalue weighted by Gasteiger charge is -2.39. The summed E-state index contributed by atoms with van der Waals surface area (Å²) < 4.78 is 5.21. The zero-order chi connectivity index (χ0) is 14.5. The van der Waals surface area contributed by atoms with E-state index in [9.17, 15) is 4.79 Å². The quantitative estimate of drug-likeness (QED) is 0.886. The van der Waals surface area contributed by atoms with Gasteiger partial charge in [-0.1, -0.05) is 13.3 Å². The molecule has 0 saturated carbocycles. The van der Waals surface area contributed by atoms with E-state index in [0.29, 0.717) is 23.9 Å². The Bertz CT molecular complexity index is 436. The molecule has 5 nitrogen and oxygen atoms in total. The van der Waals surface area contributed by atoms with E-state index in [-0.39, 0.29) is 5.91 Å². The Labute approximate surface area is 120 Å². The second kappa shape index (κ2) is 6.90. The van der Waals surface area contributed by atoms with Gasteiger partial charge >= 0.3 is 0 Å². The highest BCUT2D eigenvalue weighted by molar-refractivity contribution is 5.95. The van der Waals surface area contributed by atoms with Gasteiger partial charge in [-0.15, -0.1) is 0 Å². The van der Waals surface area contributed by atoms with Crippen molar-refractivity contribution in [2.45, 2.75) is 32.7 Å². The Morgan fingerprint density at radius 2 is 2.10 bits per heavy atom. The van der Waals surface area contributed by atoms with Crippen LogP contribution in [-0.4, -0.2) is 54.5 Å². The van der Waals surface area contributed by atoms with Crippen LogP contribution in [0.2, 0.25) is 0 Å². The molecule has 1 atom stereocenters. The van der Waals surface area contributed by atoms with Gasteiger partial charge in [0.25, 0.3) is 5.91 Å². The maximum Gasteiger partial charge on any atom is 0.257 e. The predicted molar refractivity (Wildman–Crippen MR) is 78.7 cm³/mol. The molecule has 0 radical (unpaired) electrons. The number of aryl methyl sites for hydroxylation is 1. The summed E-state index contributed by atoms with van der Waals surface area (Å²) >= 11 is 0. The van der Waals surface area contributed by atoms with Crippen LogP contribution in [0, 0.1) is 6.92 Å². The van der Waals surface area contributed by atoms with Crippen LogP contribution in [-0.2, 0) is 0 Å². The number of rotatable bonds is 5. The summed E-state index contributed by atoms with van der Waals surface area (Å²) in [6.45, 7) is 8.06. The Morgan fingerprint density at radius 1 is 1.40 bits per heavy atom. The van der Waals surface area contributed by atoms with E-state index in [0.717, 1.165) is 39.0 Å². The van der Waals surface area contributed by atoms with Crippen LogP contribution < -0.4 is 5.73 Å². The first-order chi connectivity index (χ1) is 9.67. The van der Waals surface area contributed by atoms with Crippen LogP contribution >= 0.6 is 0 Å². The van der Waals surface area contributed by atoms with Gasteiger partial charge in [0.15, 0.2) is 0 Å². The molecule has 0 spiro atoms. The van der Waals surface area contributed by atoms with Gasteiger partial charge in [0.2, 0.25) is 0 Å². The van der Waals surface area contributed by atoms with Crippen LogP contribution in [0.4, 0.5) is 0 Å². The number of hydrogen-bond donors (Lipinski definition) is 1. The molecule has 2 rings (SSSR count). The lowest BCUT2D eigenvalue weighted by Crippen LogP contribution is -2.53. The van der Waals surface area contributed by atoms with E-state index in [1.54, 1.807) is 12.3 Å². The second-order valence-electron chi connectivity index (χ2n) is 5.40. The van der Waals surface area contributed by atoms with E-state index in [1.165, 1.54) is 0 Å². The van der Waals surface area contributed by atoms with Gasteiger partial charge in [-0.25, -0.2) is 0 Å². The first-order valence-electron chi connectivity index (χ1n) is 7.44. The van der Waals surface area contributed by atoms with Crippen molar-refractivity contribution in [1.82, 2.24) is 9.80 Å². The van der Waals surface area contributed by atoms with Crippen LogP contribution in [0.25, 0.3) is 0 Å². The van der Waals surface area contributed by atoms with Crippen molar-refractivity contribution in [1.29, 1.82) is 0 Å². The number of furan rings is 1. The predicted octanol–water partition coefficient (Wildman–Crippen LogP) is 1.47. The minimum atomic E-state index is 0.0793. The van der Waals surface area contributed by atoms with Gasteiger partial charge < -0.3 is 15.1 Å². The Morgan fingerprint density at radius 3 is 2.60 bits per heavy atom. The first kappa shape index (κ1) is 15.1. The summed E-state index contributed by atoms with van der Waals surface area (Å²) in [5.74, 6) is 0.777. The standard InChI is InChI=1S/C15H25N3O2/c1-3-4-13(11-16)17-6-8-18(9-7-17)15(19)14-5-10-20-12(14)2/h5,10,13H,3-4,6-9,11,16H2,1-2H3. The smallest absolute Gasteiger partial charge is 0.257 e. The maximum absolute atomic E-state index is 12.4.